The van der Waals surface area contributed by atoms with Crippen LogP contribution in [0.5, 0.6) is 0 Å². The number of rotatable bonds is 6. The first kappa shape index (κ1) is 20.5. The smallest absolute Gasteiger partial charge is 0.411 e. The number of hydrogen-bond acceptors (Lipinski definition) is 3. The zero-order valence-corrected chi connectivity index (χ0v) is 17.2. The quantitative estimate of drug-likeness (QED) is 0.638. The molecule has 7 heteroatoms. The van der Waals surface area contributed by atoms with Gasteiger partial charge in [-0.05, 0) is 28.9 Å². The first-order valence-electron chi connectivity index (χ1n) is 9.03. The SMILES string of the molecule is CC1(C)C(C=C(Cl)Cl)C1C(=O)NCCOC(=O)Nc1cccc2ccccc12. The number of allylic oxidation sites excluding steroid dienone is 1. The summed E-state index contributed by atoms with van der Waals surface area (Å²) in [5.41, 5.74) is 0.491. The number of ether oxygens (including phenoxy) is 1. The fraction of sp³-hybridized carbons (Fsp3) is 0.333. The number of carbonyl (C=O) groups is 2. The molecule has 1 fully saturated rings. The number of fused-ring (bicyclic) bond motifs is 1. The second-order valence-electron chi connectivity index (χ2n) is 7.36. The summed E-state index contributed by atoms with van der Waals surface area (Å²) in [5, 5.41) is 7.49. The molecule has 0 saturated heterocycles. The summed E-state index contributed by atoms with van der Waals surface area (Å²) >= 11 is 11.4. The van der Waals surface area contributed by atoms with Crippen molar-refractivity contribution in [3.05, 3.63) is 53.0 Å². The highest BCUT2D eigenvalue weighted by Gasteiger charge is 2.60. The lowest BCUT2D eigenvalue weighted by Crippen LogP contribution is -2.31. The first-order valence-corrected chi connectivity index (χ1v) is 9.78. The summed E-state index contributed by atoms with van der Waals surface area (Å²) in [6, 6.07) is 13.4. The molecule has 5 nitrogen and oxygen atoms in total. The van der Waals surface area contributed by atoms with Crippen molar-refractivity contribution >= 4 is 51.7 Å². The fourth-order valence-corrected chi connectivity index (χ4v) is 3.81. The molecule has 1 saturated carbocycles. The number of anilines is 1. The summed E-state index contributed by atoms with van der Waals surface area (Å²) in [4.78, 5) is 24.4. The molecule has 148 valence electrons. The molecule has 0 aromatic heterocycles. The second-order valence-corrected chi connectivity index (χ2v) is 8.37. The van der Waals surface area contributed by atoms with E-state index in [0.717, 1.165) is 10.8 Å². The van der Waals surface area contributed by atoms with Gasteiger partial charge < -0.3 is 10.1 Å². The molecule has 2 aromatic carbocycles. The standard InChI is InChI=1S/C21H22Cl2N2O3/c1-21(2)15(12-17(22)23)18(21)19(26)24-10-11-28-20(27)25-16-9-5-7-13-6-3-4-8-14(13)16/h3-9,12,15,18H,10-11H2,1-2H3,(H,24,26)(H,25,27). The molecule has 0 radical (unpaired) electrons. The molecule has 2 atom stereocenters. The van der Waals surface area contributed by atoms with Crippen molar-refractivity contribution in [2.24, 2.45) is 17.3 Å². The Labute approximate surface area is 174 Å². The highest BCUT2D eigenvalue weighted by Crippen LogP contribution is 2.59. The van der Waals surface area contributed by atoms with Crippen LogP contribution in [0.25, 0.3) is 10.8 Å². The van der Waals surface area contributed by atoms with Crippen LogP contribution in [0.2, 0.25) is 0 Å². The number of benzene rings is 2. The minimum atomic E-state index is -0.563. The predicted octanol–water partition coefficient (Wildman–Crippen LogP) is 5.10. The van der Waals surface area contributed by atoms with Gasteiger partial charge in [0.1, 0.15) is 11.1 Å². The van der Waals surface area contributed by atoms with E-state index in [-0.39, 0.29) is 40.8 Å². The van der Waals surface area contributed by atoms with Crippen molar-refractivity contribution < 1.29 is 14.3 Å². The lowest BCUT2D eigenvalue weighted by atomic mass is 10.1. The average molecular weight is 421 g/mol. The molecule has 0 bridgehead atoms. The van der Waals surface area contributed by atoms with Gasteiger partial charge in [0.2, 0.25) is 5.91 Å². The summed E-state index contributed by atoms with van der Waals surface area (Å²) in [7, 11) is 0. The van der Waals surface area contributed by atoms with Crippen LogP contribution in [0.4, 0.5) is 10.5 Å². The van der Waals surface area contributed by atoms with E-state index in [9.17, 15) is 9.59 Å². The number of hydrogen-bond donors (Lipinski definition) is 2. The van der Waals surface area contributed by atoms with E-state index in [0.29, 0.717) is 5.69 Å². The summed E-state index contributed by atoms with van der Waals surface area (Å²) in [5.74, 6) is -0.281. The first-order chi connectivity index (χ1) is 13.3. The van der Waals surface area contributed by atoms with Crippen LogP contribution in [0.15, 0.2) is 53.0 Å². The van der Waals surface area contributed by atoms with Gasteiger partial charge in [0.15, 0.2) is 0 Å². The van der Waals surface area contributed by atoms with E-state index in [1.807, 2.05) is 56.3 Å². The minimum absolute atomic E-state index is 0.00748. The van der Waals surface area contributed by atoms with E-state index < -0.39 is 6.09 Å². The summed E-state index contributed by atoms with van der Waals surface area (Å²) in [6.07, 6.45) is 1.13. The molecule has 3 rings (SSSR count). The third kappa shape index (κ3) is 4.59. The molecule has 2 amide bonds. The molecular formula is C21H22Cl2N2O3. The van der Waals surface area contributed by atoms with Gasteiger partial charge in [0.05, 0.1) is 18.2 Å². The third-order valence-corrected chi connectivity index (χ3v) is 5.41. The van der Waals surface area contributed by atoms with Gasteiger partial charge in [0, 0.05) is 5.39 Å². The van der Waals surface area contributed by atoms with E-state index in [1.54, 1.807) is 6.08 Å². The van der Waals surface area contributed by atoms with Crippen LogP contribution in [-0.2, 0) is 9.53 Å². The van der Waals surface area contributed by atoms with E-state index in [4.69, 9.17) is 27.9 Å². The molecule has 28 heavy (non-hydrogen) atoms. The van der Waals surface area contributed by atoms with Crippen molar-refractivity contribution in [2.75, 3.05) is 18.5 Å². The lowest BCUT2D eigenvalue weighted by molar-refractivity contribution is -0.123. The van der Waals surface area contributed by atoms with E-state index >= 15 is 0 Å². The Hall–Kier alpha value is -2.24. The van der Waals surface area contributed by atoms with Crippen LogP contribution >= 0.6 is 23.2 Å². The molecule has 1 aliphatic carbocycles. The van der Waals surface area contributed by atoms with Gasteiger partial charge >= 0.3 is 6.09 Å². The van der Waals surface area contributed by atoms with Crippen molar-refractivity contribution in [3.8, 4) is 0 Å². The number of halogens is 2. The van der Waals surface area contributed by atoms with Crippen LogP contribution in [-0.4, -0.2) is 25.2 Å². The van der Waals surface area contributed by atoms with Gasteiger partial charge in [-0.3, -0.25) is 10.1 Å². The van der Waals surface area contributed by atoms with Crippen LogP contribution < -0.4 is 10.6 Å². The van der Waals surface area contributed by atoms with Crippen molar-refractivity contribution in [1.29, 1.82) is 0 Å². The van der Waals surface area contributed by atoms with E-state index in [1.165, 1.54) is 0 Å². The molecular weight excluding hydrogens is 399 g/mol. The molecule has 0 heterocycles. The molecule has 0 spiro atoms. The zero-order valence-electron chi connectivity index (χ0n) is 15.7. The average Bonchev–Trinajstić information content (AvgIpc) is 3.18. The second kappa shape index (κ2) is 8.41. The Morgan fingerprint density at radius 2 is 1.86 bits per heavy atom. The van der Waals surface area contributed by atoms with Gasteiger partial charge in [-0.2, -0.15) is 0 Å². The highest BCUT2D eigenvalue weighted by atomic mass is 35.5. The maximum absolute atomic E-state index is 12.3. The van der Waals surface area contributed by atoms with Crippen LogP contribution in [0.3, 0.4) is 0 Å². The van der Waals surface area contributed by atoms with Crippen molar-refractivity contribution in [2.45, 2.75) is 13.8 Å². The van der Waals surface area contributed by atoms with Crippen molar-refractivity contribution in [3.63, 3.8) is 0 Å². The number of carbonyl (C=O) groups excluding carboxylic acids is 2. The maximum Gasteiger partial charge on any atom is 0.411 e. The summed E-state index contributed by atoms with van der Waals surface area (Å²) < 4.78 is 5.34. The van der Waals surface area contributed by atoms with Gasteiger partial charge in [-0.25, -0.2) is 4.79 Å². The maximum atomic E-state index is 12.3. The minimum Gasteiger partial charge on any atom is -0.447 e. The van der Waals surface area contributed by atoms with Gasteiger partial charge in [-0.1, -0.05) is 73.4 Å². The molecule has 2 aromatic rings. The van der Waals surface area contributed by atoms with Crippen LogP contribution in [0.1, 0.15) is 13.8 Å². The number of amides is 2. The molecule has 1 aliphatic rings. The van der Waals surface area contributed by atoms with Gasteiger partial charge in [-0.15, -0.1) is 0 Å². The largest absolute Gasteiger partial charge is 0.447 e. The Balaban J connectivity index is 1.45. The number of nitrogens with one attached hydrogen (secondary N) is 2. The molecule has 0 aliphatic heterocycles. The van der Waals surface area contributed by atoms with Crippen molar-refractivity contribution in [1.82, 2.24) is 5.32 Å². The summed E-state index contributed by atoms with van der Waals surface area (Å²) in [6.45, 7) is 4.29. The fourth-order valence-electron chi connectivity index (χ4n) is 3.53. The zero-order chi connectivity index (χ0) is 20.3. The third-order valence-electron chi connectivity index (χ3n) is 5.16. The Morgan fingerprint density at radius 3 is 2.61 bits per heavy atom. The highest BCUT2D eigenvalue weighted by molar-refractivity contribution is 6.55. The van der Waals surface area contributed by atoms with E-state index in [2.05, 4.69) is 10.6 Å². The Kier molecular flexibility index (Phi) is 6.16. The topological polar surface area (TPSA) is 67.4 Å². The Morgan fingerprint density at radius 1 is 1.14 bits per heavy atom. The normalized spacial score (nSPS) is 19.6. The lowest BCUT2D eigenvalue weighted by Gasteiger charge is -2.10. The predicted molar refractivity (Wildman–Crippen MR) is 112 cm³/mol. The monoisotopic (exact) mass is 420 g/mol. The van der Waals surface area contributed by atoms with Gasteiger partial charge in [0.25, 0.3) is 0 Å². The molecule has 2 N–H and O–H groups in total. The molecule has 2 unspecified atom stereocenters. The van der Waals surface area contributed by atoms with Crippen LogP contribution in [0, 0.1) is 17.3 Å². The Bertz CT molecular complexity index is 918.